The van der Waals surface area contributed by atoms with Crippen molar-refractivity contribution in [1.29, 1.82) is 0 Å². The first kappa shape index (κ1) is 13.2. The molecule has 0 unspecified atom stereocenters. The van der Waals surface area contributed by atoms with Crippen LogP contribution in [0, 0.1) is 0 Å². The second-order valence-corrected chi connectivity index (χ2v) is 5.89. The average molecular weight is 285 g/mol. The summed E-state index contributed by atoms with van der Waals surface area (Å²) in [5.74, 6) is 0.212. The molecule has 4 heteroatoms. The Balaban J connectivity index is 1.67. The number of likely N-dealkylation sites (tertiary alicyclic amines) is 1. The third-order valence-electron chi connectivity index (χ3n) is 3.46. The summed E-state index contributed by atoms with van der Waals surface area (Å²) < 4.78 is 0. The third-order valence-corrected chi connectivity index (χ3v) is 4.44. The quantitative estimate of drug-likeness (QED) is 0.813. The van der Waals surface area contributed by atoms with Crippen LogP contribution in [0.25, 0.3) is 10.8 Å². The van der Waals surface area contributed by atoms with Gasteiger partial charge in [-0.05, 0) is 29.3 Å². The summed E-state index contributed by atoms with van der Waals surface area (Å²) in [5.41, 5.74) is 0. The largest absolute Gasteiger partial charge is 0.282 e. The Morgan fingerprint density at radius 2 is 1.95 bits per heavy atom. The topological polar surface area (TPSA) is 37.4 Å². The van der Waals surface area contributed by atoms with E-state index in [0.717, 1.165) is 11.3 Å². The molecule has 3 nitrogen and oxygen atoms in total. The molecule has 0 aromatic heterocycles. The minimum atomic E-state index is -0.0781. The van der Waals surface area contributed by atoms with Crippen molar-refractivity contribution >= 4 is 34.3 Å². The molecule has 1 fully saturated rings. The maximum Gasteiger partial charge on any atom is 0.239 e. The van der Waals surface area contributed by atoms with Crippen LogP contribution in [0.15, 0.2) is 47.4 Å². The number of fused-ring (bicyclic) bond motifs is 1. The number of imide groups is 1. The second-order valence-electron chi connectivity index (χ2n) is 4.84. The fraction of sp³-hybridized carbons (Fsp3) is 0.250. The van der Waals surface area contributed by atoms with Crippen molar-refractivity contribution in [3.8, 4) is 0 Å². The zero-order valence-electron chi connectivity index (χ0n) is 11.0. The molecule has 2 amide bonds. The number of hydrogen-bond donors (Lipinski definition) is 0. The van der Waals surface area contributed by atoms with Gasteiger partial charge in [-0.1, -0.05) is 30.3 Å². The molecule has 0 radical (unpaired) electrons. The minimum Gasteiger partial charge on any atom is -0.282 e. The van der Waals surface area contributed by atoms with E-state index in [-0.39, 0.29) is 11.8 Å². The van der Waals surface area contributed by atoms with Crippen LogP contribution in [0.5, 0.6) is 0 Å². The van der Waals surface area contributed by atoms with Crippen LogP contribution in [0.3, 0.4) is 0 Å². The van der Waals surface area contributed by atoms with Crippen LogP contribution in [-0.4, -0.2) is 29.0 Å². The Hall–Kier alpha value is -1.81. The molecule has 1 heterocycles. The molecule has 3 rings (SSSR count). The number of hydrogen-bond acceptors (Lipinski definition) is 3. The fourth-order valence-electron chi connectivity index (χ4n) is 2.39. The summed E-state index contributed by atoms with van der Waals surface area (Å²) in [7, 11) is 0. The summed E-state index contributed by atoms with van der Waals surface area (Å²) in [6.45, 7) is 0.579. The molecule has 1 aliphatic heterocycles. The zero-order valence-corrected chi connectivity index (χ0v) is 11.9. The van der Waals surface area contributed by atoms with Gasteiger partial charge in [-0.25, -0.2) is 0 Å². The first-order valence-corrected chi connectivity index (χ1v) is 7.67. The lowest BCUT2D eigenvalue weighted by atomic mass is 10.1. The first-order chi connectivity index (χ1) is 9.74. The van der Waals surface area contributed by atoms with Crippen LogP contribution >= 0.6 is 11.8 Å². The number of amides is 2. The number of thioether (sulfide) groups is 1. The van der Waals surface area contributed by atoms with E-state index in [0.29, 0.717) is 18.7 Å². The molecule has 0 aliphatic carbocycles. The van der Waals surface area contributed by atoms with Gasteiger partial charge in [0.15, 0.2) is 0 Å². The minimum absolute atomic E-state index is 0.0332. The Labute approximate surface area is 122 Å². The Morgan fingerprint density at radius 3 is 2.70 bits per heavy atom. The van der Waals surface area contributed by atoms with E-state index < -0.39 is 0 Å². The van der Waals surface area contributed by atoms with Gasteiger partial charge in [0.1, 0.15) is 0 Å². The maximum absolute atomic E-state index is 12.0. The number of carbonyl (C=O) groups excluding carboxylic acids is 2. The summed E-state index contributed by atoms with van der Waals surface area (Å²) in [6.07, 6.45) is 1.30. The number of carbonyl (C=O) groups is 2. The maximum atomic E-state index is 12.0. The van der Waals surface area contributed by atoms with Gasteiger partial charge >= 0.3 is 0 Å². The molecule has 0 bridgehead atoms. The molecule has 102 valence electrons. The van der Waals surface area contributed by atoms with Crippen LogP contribution in [0.2, 0.25) is 0 Å². The summed E-state index contributed by atoms with van der Waals surface area (Å²) in [5, 5.41) is 2.36. The van der Waals surface area contributed by atoms with E-state index in [1.165, 1.54) is 27.4 Å². The van der Waals surface area contributed by atoms with Crippen molar-refractivity contribution in [3.63, 3.8) is 0 Å². The highest BCUT2D eigenvalue weighted by Crippen LogP contribution is 2.24. The Morgan fingerprint density at radius 1 is 1.15 bits per heavy atom. The number of nitrogens with zero attached hydrogens (tertiary/aromatic N) is 1. The molecule has 0 atom stereocenters. The van der Waals surface area contributed by atoms with Gasteiger partial charge in [0.05, 0.1) is 5.75 Å². The SMILES string of the molecule is O=C1CCCN1C(=O)CSc1ccc2ccccc2c1. The standard InChI is InChI=1S/C16H15NO2S/c18-15-6-3-9-17(15)16(19)11-20-14-8-7-12-4-1-2-5-13(12)10-14/h1-2,4-5,7-8,10H,3,6,9,11H2. The van der Waals surface area contributed by atoms with E-state index >= 15 is 0 Å². The normalized spacial score (nSPS) is 15.0. The van der Waals surface area contributed by atoms with Gasteiger partial charge in [-0.3, -0.25) is 14.5 Å². The highest BCUT2D eigenvalue weighted by molar-refractivity contribution is 8.00. The smallest absolute Gasteiger partial charge is 0.239 e. The summed E-state index contributed by atoms with van der Waals surface area (Å²) in [6, 6.07) is 14.3. The van der Waals surface area contributed by atoms with Crippen LogP contribution < -0.4 is 0 Å². The van der Waals surface area contributed by atoms with Crippen LogP contribution in [-0.2, 0) is 9.59 Å². The van der Waals surface area contributed by atoms with Crippen molar-refractivity contribution in [2.45, 2.75) is 17.7 Å². The molecule has 2 aromatic carbocycles. The third kappa shape index (κ3) is 2.70. The van der Waals surface area contributed by atoms with Crippen LogP contribution in [0.4, 0.5) is 0 Å². The average Bonchev–Trinajstić information content (AvgIpc) is 2.91. The molecular formula is C16H15NO2S. The predicted molar refractivity (Wildman–Crippen MR) is 80.6 cm³/mol. The van der Waals surface area contributed by atoms with Gasteiger partial charge < -0.3 is 0 Å². The second kappa shape index (κ2) is 5.67. The number of rotatable bonds is 3. The molecule has 1 saturated heterocycles. The van der Waals surface area contributed by atoms with Gasteiger partial charge in [0.2, 0.25) is 11.8 Å². The molecule has 0 N–H and O–H groups in total. The van der Waals surface area contributed by atoms with Crippen molar-refractivity contribution in [1.82, 2.24) is 4.90 Å². The fourth-order valence-corrected chi connectivity index (χ4v) is 3.21. The lowest BCUT2D eigenvalue weighted by molar-refractivity contribution is -0.140. The molecule has 20 heavy (non-hydrogen) atoms. The molecular weight excluding hydrogens is 270 g/mol. The number of benzene rings is 2. The van der Waals surface area contributed by atoms with E-state index in [1.54, 1.807) is 0 Å². The zero-order chi connectivity index (χ0) is 13.9. The van der Waals surface area contributed by atoms with Crippen LogP contribution in [0.1, 0.15) is 12.8 Å². The van der Waals surface area contributed by atoms with Gasteiger partial charge in [-0.15, -0.1) is 11.8 Å². The van der Waals surface area contributed by atoms with Crippen molar-refractivity contribution in [2.75, 3.05) is 12.3 Å². The molecule has 0 saturated carbocycles. The predicted octanol–water partition coefficient (Wildman–Crippen LogP) is 3.08. The lowest BCUT2D eigenvalue weighted by Gasteiger charge is -2.13. The highest BCUT2D eigenvalue weighted by atomic mass is 32.2. The summed E-state index contributed by atoms with van der Waals surface area (Å²) >= 11 is 1.49. The molecule has 1 aliphatic rings. The Kier molecular flexibility index (Phi) is 3.74. The van der Waals surface area contributed by atoms with Crippen molar-refractivity contribution in [2.24, 2.45) is 0 Å². The molecule has 0 spiro atoms. The summed E-state index contributed by atoms with van der Waals surface area (Å²) in [4.78, 5) is 25.9. The monoisotopic (exact) mass is 285 g/mol. The van der Waals surface area contributed by atoms with Gasteiger partial charge in [0, 0.05) is 17.9 Å². The lowest BCUT2D eigenvalue weighted by Crippen LogP contribution is -2.33. The van der Waals surface area contributed by atoms with E-state index in [2.05, 4.69) is 24.3 Å². The van der Waals surface area contributed by atoms with E-state index in [1.807, 2.05) is 18.2 Å². The first-order valence-electron chi connectivity index (χ1n) is 6.69. The van der Waals surface area contributed by atoms with Crippen molar-refractivity contribution in [3.05, 3.63) is 42.5 Å². The Bertz CT molecular complexity index is 668. The van der Waals surface area contributed by atoms with Gasteiger partial charge in [0.25, 0.3) is 0 Å². The van der Waals surface area contributed by atoms with Gasteiger partial charge in [-0.2, -0.15) is 0 Å². The van der Waals surface area contributed by atoms with Crippen molar-refractivity contribution < 1.29 is 9.59 Å². The van der Waals surface area contributed by atoms with E-state index in [4.69, 9.17) is 0 Å². The van der Waals surface area contributed by atoms with E-state index in [9.17, 15) is 9.59 Å². The molecule has 2 aromatic rings. The highest BCUT2D eigenvalue weighted by Gasteiger charge is 2.25.